The fraction of sp³-hybridized carbons (Fsp3) is 0.0870. The molecule has 0 aliphatic heterocycles. The predicted octanol–water partition coefficient (Wildman–Crippen LogP) is 5.65. The molecule has 0 saturated carbocycles. The summed E-state index contributed by atoms with van der Waals surface area (Å²) in [5, 5.41) is 14.8. The average molecular weight is 463 g/mol. The van der Waals surface area contributed by atoms with Crippen molar-refractivity contribution in [1.82, 2.24) is 10.4 Å². The number of carbonyl (C=O) groups excluding carboxylic acids is 1. The van der Waals surface area contributed by atoms with Crippen LogP contribution < -0.4 is 5.43 Å². The van der Waals surface area contributed by atoms with Crippen LogP contribution in [0.1, 0.15) is 28.4 Å². The number of hydrazone groups is 1. The van der Waals surface area contributed by atoms with Gasteiger partial charge in [-0.05, 0) is 54.4 Å². The van der Waals surface area contributed by atoms with Crippen molar-refractivity contribution in [2.24, 2.45) is 5.10 Å². The fourth-order valence-electron chi connectivity index (χ4n) is 2.90. The number of thioether (sulfide) groups is 1. The van der Waals surface area contributed by atoms with Gasteiger partial charge in [0.1, 0.15) is 0 Å². The Balaban J connectivity index is 1.34. The Morgan fingerprint density at radius 2 is 1.75 bits per heavy atom. The van der Waals surface area contributed by atoms with Crippen molar-refractivity contribution in [3.63, 3.8) is 0 Å². The van der Waals surface area contributed by atoms with Gasteiger partial charge in [-0.1, -0.05) is 36.0 Å². The molecule has 0 aliphatic carbocycles. The number of thiazole rings is 1. The SMILES string of the molecule is C/C(=N\NC(=O)c1ccc(CSc2nc3ccccc3s2)cc1)c1ccc([N+](=O)[O-])cc1. The van der Waals surface area contributed by atoms with E-state index >= 15 is 0 Å². The molecule has 0 unspecified atom stereocenters. The Bertz CT molecular complexity index is 1270. The van der Waals surface area contributed by atoms with E-state index < -0.39 is 4.92 Å². The highest BCUT2D eigenvalue weighted by molar-refractivity contribution is 8.00. The molecule has 3 aromatic carbocycles. The Kier molecular flexibility index (Phi) is 6.58. The van der Waals surface area contributed by atoms with Gasteiger partial charge in [0.05, 0.1) is 20.9 Å². The minimum atomic E-state index is -0.459. The Morgan fingerprint density at radius 3 is 2.44 bits per heavy atom. The van der Waals surface area contributed by atoms with E-state index in [1.54, 1.807) is 54.3 Å². The lowest BCUT2D eigenvalue weighted by Crippen LogP contribution is -2.19. The Morgan fingerprint density at radius 1 is 1.06 bits per heavy atom. The van der Waals surface area contributed by atoms with Gasteiger partial charge in [0.15, 0.2) is 4.34 Å². The highest BCUT2D eigenvalue weighted by Gasteiger charge is 2.08. The van der Waals surface area contributed by atoms with Crippen molar-refractivity contribution in [2.75, 3.05) is 0 Å². The molecule has 0 saturated heterocycles. The summed E-state index contributed by atoms with van der Waals surface area (Å²) in [5.41, 5.74) is 6.38. The molecule has 1 N–H and O–H groups in total. The van der Waals surface area contributed by atoms with E-state index in [-0.39, 0.29) is 11.6 Å². The quantitative estimate of drug-likeness (QED) is 0.166. The number of nitrogens with zero attached hydrogens (tertiary/aromatic N) is 3. The molecule has 1 aromatic heterocycles. The van der Waals surface area contributed by atoms with Gasteiger partial charge >= 0.3 is 0 Å². The summed E-state index contributed by atoms with van der Waals surface area (Å²) in [6, 6.07) is 21.4. The lowest BCUT2D eigenvalue weighted by Gasteiger charge is -2.04. The number of hydrogen-bond donors (Lipinski definition) is 1. The van der Waals surface area contributed by atoms with Gasteiger partial charge in [0.2, 0.25) is 0 Å². The van der Waals surface area contributed by atoms with Gasteiger partial charge in [0, 0.05) is 23.4 Å². The zero-order valence-electron chi connectivity index (χ0n) is 17.0. The first-order valence-electron chi connectivity index (χ1n) is 9.66. The normalized spacial score (nSPS) is 11.5. The lowest BCUT2D eigenvalue weighted by atomic mass is 10.1. The second kappa shape index (κ2) is 9.71. The van der Waals surface area contributed by atoms with Gasteiger partial charge < -0.3 is 0 Å². The highest BCUT2D eigenvalue weighted by Crippen LogP contribution is 2.31. The van der Waals surface area contributed by atoms with Crippen LogP contribution in [0.25, 0.3) is 10.2 Å². The van der Waals surface area contributed by atoms with Crippen LogP contribution in [-0.4, -0.2) is 21.5 Å². The maximum absolute atomic E-state index is 12.4. The standard InChI is InChI=1S/C23H18N4O3S2/c1-15(17-10-12-19(13-11-17)27(29)30)25-26-22(28)18-8-6-16(7-9-18)14-31-23-24-20-4-2-3-5-21(20)32-23/h2-13H,14H2,1H3,(H,26,28)/b25-15+. The molecule has 0 atom stereocenters. The van der Waals surface area contributed by atoms with Crippen molar-refractivity contribution in [1.29, 1.82) is 0 Å². The molecule has 0 bridgehead atoms. The van der Waals surface area contributed by atoms with Crippen LogP contribution in [0.3, 0.4) is 0 Å². The minimum Gasteiger partial charge on any atom is -0.267 e. The third kappa shape index (κ3) is 5.19. The minimum absolute atomic E-state index is 0.00646. The summed E-state index contributed by atoms with van der Waals surface area (Å²) in [6.45, 7) is 1.73. The van der Waals surface area contributed by atoms with E-state index in [1.807, 2.05) is 30.3 Å². The summed E-state index contributed by atoms with van der Waals surface area (Å²) < 4.78 is 2.19. The zero-order chi connectivity index (χ0) is 22.5. The summed E-state index contributed by atoms with van der Waals surface area (Å²) in [5.74, 6) is 0.440. The number of hydrogen-bond acceptors (Lipinski definition) is 7. The highest BCUT2D eigenvalue weighted by atomic mass is 32.2. The largest absolute Gasteiger partial charge is 0.271 e. The van der Waals surface area contributed by atoms with Gasteiger partial charge in [-0.15, -0.1) is 11.3 Å². The number of fused-ring (bicyclic) bond motifs is 1. The molecule has 0 radical (unpaired) electrons. The van der Waals surface area contributed by atoms with E-state index in [2.05, 4.69) is 21.6 Å². The molecule has 32 heavy (non-hydrogen) atoms. The Labute approximate surface area is 192 Å². The van der Waals surface area contributed by atoms with Crippen LogP contribution >= 0.6 is 23.1 Å². The van der Waals surface area contributed by atoms with Crippen LogP contribution in [0.15, 0.2) is 82.2 Å². The number of amides is 1. The smallest absolute Gasteiger partial charge is 0.267 e. The number of nitro groups is 1. The summed E-state index contributed by atoms with van der Waals surface area (Å²) in [7, 11) is 0. The van der Waals surface area contributed by atoms with E-state index in [1.165, 1.54) is 16.8 Å². The maximum Gasteiger partial charge on any atom is 0.271 e. The van der Waals surface area contributed by atoms with Crippen molar-refractivity contribution in [3.05, 3.63) is 99.6 Å². The van der Waals surface area contributed by atoms with E-state index in [0.29, 0.717) is 16.8 Å². The number of carbonyl (C=O) groups is 1. The van der Waals surface area contributed by atoms with Gasteiger partial charge in [-0.2, -0.15) is 5.10 Å². The zero-order valence-corrected chi connectivity index (χ0v) is 18.7. The van der Waals surface area contributed by atoms with Crippen molar-refractivity contribution < 1.29 is 9.72 Å². The number of rotatable bonds is 7. The molecule has 0 spiro atoms. The summed E-state index contributed by atoms with van der Waals surface area (Å²) >= 11 is 3.34. The number of non-ortho nitro benzene ring substituents is 1. The second-order valence-electron chi connectivity index (χ2n) is 6.88. The Hall–Kier alpha value is -3.56. The van der Waals surface area contributed by atoms with E-state index in [0.717, 1.165) is 21.2 Å². The molecular formula is C23H18N4O3S2. The van der Waals surface area contributed by atoms with Crippen LogP contribution in [0.2, 0.25) is 0 Å². The first kappa shape index (κ1) is 21.7. The first-order valence-corrected chi connectivity index (χ1v) is 11.5. The third-order valence-electron chi connectivity index (χ3n) is 4.67. The van der Waals surface area contributed by atoms with E-state index in [4.69, 9.17) is 0 Å². The fourth-order valence-corrected chi connectivity index (χ4v) is 4.92. The molecule has 4 rings (SSSR count). The van der Waals surface area contributed by atoms with Gasteiger partial charge in [-0.3, -0.25) is 14.9 Å². The third-order valence-corrected chi connectivity index (χ3v) is 6.92. The summed E-state index contributed by atoms with van der Waals surface area (Å²) in [4.78, 5) is 27.3. The summed E-state index contributed by atoms with van der Waals surface area (Å²) in [6.07, 6.45) is 0. The van der Waals surface area contributed by atoms with Gasteiger partial charge in [0.25, 0.3) is 11.6 Å². The molecule has 1 heterocycles. The van der Waals surface area contributed by atoms with E-state index in [9.17, 15) is 14.9 Å². The molecule has 4 aromatic rings. The van der Waals surface area contributed by atoms with Gasteiger partial charge in [-0.25, -0.2) is 10.4 Å². The molecule has 0 aliphatic rings. The van der Waals surface area contributed by atoms with Crippen LogP contribution in [-0.2, 0) is 5.75 Å². The molecule has 160 valence electrons. The number of aromatic nitrogens is 1. The monoisotopic (exact) mass is 462 g/mol. The number of benzene rings is 3. The number of nitrogens with one attached hydrogen (secondary N) is 1. The molecule has 0 fully saturated rings. The van der Waals surface area contributed by atoms with Crippen LogP contribution in [0.5, 0.6) is 0 Å². The van der Waals surface area contributed by atoms with Crippen molar-refractivity contribution in [2.45, 2.75) is 17.0 Å². The molecular weight excluding hydrogens is 444 g/mol. The van der Waals surface area contributed by atoms with Crippen LogP contribution in [0.4, 0.5) is 5.69 Å². The lowest BCUT2D eigenvalue weighted by molar-refractivity contribution is -0.384. The maximum atomic E-state index is 12.4. The van der Waals surface area contributed by atoms with Crippen LogP contribution in [0, 0.1) is 10.1 Å². The van der Waals surface area contributed by atoms with Crippen molar-refractivity contribution >= 4 is 50.6 Å². The number of para-hydroxylation sites is 1. The molecule has 1 amide bonds. The predicted molar refractivity (Wildman–Crippen MR) is 128 cm³/mol. The second-order valence-corrected chi connectivity index (χ2v) is 9.13. The van der Waals surface area contributed by atoms with Crippen molar-refractivity contribution in [3.8, 4) is 0 Å². The average Bonchev–Trinajstić information content (AvgIpc) is 3.24. The first-order chi connectivity index (χ1) is 15.5. The molecule has 9 heteroatoms. The topological polar surface area (TPSA) is 97.5 Å². The molecule has 7 nitrogen and oxygen atoms in total. The number of nitro benzene ring substituents is 1.